The van der Waals surface area contributed by atoms with Crippen LogP contribution in [0.15, 0.2) is 6.20 Å². The molecule has 0 saturated carbocycles. The number of nitrogen functional groups attached to an aromatic ring is 1. The summed E-state index contributed by atoms with van der Waals surface area (Å²) in [6.07, 6.45) is 5.78. The highest BCUT2D eigenvalue weighted by Crippen LogP contribution is 2.31. The number of nitrogens with two attached hydrogens (primary N) is 1. The number of likely N-dealkylation sites (N-methyl/N-ethyl adjacent to an activating group) is 1. The normalized spacial score (nSPS) is 29.6. The zero-order valence-corrected chi connectivity index (χ0v) is 10.6. The van der Waals surface area contributed by atoms with E-state index in [9.17, 15) is 0 Å². The van der Waals surface area contributed by atoms with Gasteiger partial charge in [-0.2, -0.15) is 5.10 Å². The minimum Gasteiger partial charge on any atom is -0.394 e. The molecule has 1 aromatic heterocycles. The number of fused-ring (bicyclic) bond motifs is 2. The van der Waals surface area contributed by atoms with Gasteiger partial charge < -0.3 is 10.6 Å². The van der Waals surface area contributed by atoms with Crippen LogP contribution in [0.4, 0.5) is 11.5 Å². The molecule has 2 fully saturated rings. The number of aryl methyl sites for hydroxylation is 1. The molecule has 0 aromatic carbocycles. The van der Waals surface area contributed by atoms with E-state index in [4.69, 9.17) is 5.73 Å². The van der Waals surface area contributed by atoms with E-state index >= 15 is 0 Å². The van der Waals surface area contributed by atoms with Crippen molar-refractivity contribution in [2.45, 2.75) is 31.3 Å². The standard InChI is InChI=1S/C12H21N5/c1-15-8-11(13)12(14-15)17-6-5-9-3-4-10(7-17)16(9)2/h8-10H,3-7,13H2,1-2H3. The van der Waals surface area contributed by atoms with Crippen LogP contribution in [-0.2, 0) is 7.05 Å². The van der Waals surface area contributed by atoms with Crippen molar-refractivity contribution in [1.29, 1.82) is 0 Å². The first-order valence-corrected chi connectivity index (χ1v) is 6.41. The average Bonchev–Trinajstić information content (AvgIpc) is 2.69. The Morgan fingerprint density at radius 3 is 2.71 bits per heavy atom. The van der Waals surface area contributed by atoms with E-state index in [-0.39, 0.29) is 0 Å². The van der Waals surface area contributed by atoms with Gasteiger partial charge in [0, 0.05) is 38.4 Å². The van der Waals surface area contributed by atoms with Crippen LogP contribution >= 0.6 is 0 Å². The minimum absolute atomic E-state index is 0.670. The number of nitrogens with zero attached hydrogens (tertiary/aromatic N) is 4. The third-order valence-electron chi connectivity index (χ3n) is 4.28. The van der Waals surface area contributed by atoms with Crippen LogP contribution in [0, 0.1) is 0 Å². The van der Waals surface area contributed by atoms with Gasteiger partial charge in [0.2, 0.25) is 0 Å². The molecule has 94 valence electrons. The molecule has 2 N–H and O–H groups in total. The second-order valence-corrected chi connectivity index (χ2v) is 5.37. The van der Waals surface area contributed by atoms with Crippen LogP contribution in [0.25, 0.3) is 0 Å². The SMILES string of the molecule is CN1C2CCC1CN(c1nn(C)cc1N)CC2. The first kappa shape index (κ1) is 10.9. The van der Waals surface area contributed by atoms with Crippen LogP contribution in [0.2, 0.25) is 0 Å². The second-order valence-electron chi connectivity index (χ2n) is 5.37. The summed E-state index contributed by atoms with van der Waals surface area (Å²) in [7, 11) is 4.18. The maximum absolute atomic E-state index is 6.02. The number of hydrogen-bond acceptors (Lipinski definition) is 4. The molecule has 2 atom stereocenters. The summed E-state index contributed by atoms with van der Waals surface area (Å²) >= 11 is 0. The lowest BCUT2D eigenvalue weighted by atomic mass is 10.1. The van der Waals surface area contributed by atoms with Crippen LogP contribution in [0.1, 0.15) is 19.3 Å². The minimum atomic E-state index is 0.670. The number of anilines is 2. The second kappa shape index (κ2) is 3.91. The van der Waals surface area contributed by atoms with Crippen molar-refractivity contribution in [2.75, 3.05) is 30.8 Å². The van der Waals surface area contributed by atoms with Crippen molar-refractivity contribution in [3.05, 3.63) is 6.20 Å². The zero-order valence-electron chi connectivity index (χ0n) is 10.6. The molecule has 1 aromatic rings. The smallest absolute Gasteiger partial charge is 0.173 e. The molecule has 5 heteroatoms. The van der Waals surface area contributed by atoms with E-state index in [0.29, 0.717) is 6.04 Å². The fourth-order valence-corrected chi connectivity index (χ4v) is 3.24. The summed E-state index contributed by atoms with van der Waals surface area (Å²) in [5.41, 5.74) is 6.82. The fraction of sp³-hybridized carbons (Fsp3) is 0.750. The van der Waals surface area contributed by atoms with Gasteiger partial charge in [-0.1, -0.05) is 0 Å². The Labute approximate surface area is 102 Å². The number of hydrogen-bond donors (Lipinski definition) is 1. The monoisotopic (exact) mass is 235 g/mol. The van der Waals surface area contributed by atoms with Gasteiger partial charge in [0.05, 0.1) is 5.69 Å². The van der Waals surface area contributed by atoms with E-state index in [1.807, 2.05) is 13.2 Å². The summed E-state index contributed by atoms with van der Waals surface area (Å²) in [5.74, 6) is 0.966. The molecule has 0 amide bonds. The Balaban J connectivity index is 1.83. The Morgan fingerprint density at radius 1 is 1.24 bits per heavy atom. The Morgan fingerprint density at radius 2 is 2.00 bits per heavy atom. The molecule has 17 heavy (non-hydrogen) atoms. The highest BCUT2D eigenvalue weighted by molar-refractivity contribution is 5.61. The van der Waals surface area contributed by atoms with Crippen molar-refractivity contribution in [3.63, 3.8) is 0 Å². The molecule has 3 heterocycles. The van der Waals surface area contributed by atoms with Gasteiger partial charge in [-0.05, 0) is 26.3 Å². The Hall–Kier alpha value is -1.23. The average molecular weight is 235 g/mol. The van der Waals surface area contributed by atoms with Crippen LogP contribution in [0.5, 0.6) is 0 Å². The fourth-order valence-electron chi connectivity index (χ4n) is 3.24. The summed E-state index contributed by atoms with van der Waals surface area (Å²) < 4.78 is 1.80. The molecule has 0 radical (unpaired) electrons. The topological polar surface area (TPSA) is 50.3 Å². The molecule has 3 rings (SSSR count). The van der Waals surface area contributed by atoms with Gasteiger partial charge in [-0.25, -0.2) is 0 Å². The van der Waals surface area contributed by atoms with Gasteiger partial charge >= 0.3 is 0 Å². The molecule has 5 nitrogen and oxygen atoms in total. The van der Waals surface area contributed by atoms with E-state index in [2.05, 4.69) is 21.9 Å². The molecular weight excluding hydrogens is 214 g/mol. The molecule has 2 saturated heterocycles. The van der Waals surface area contributed by atoms with Gasteiger partial charge in [0.1, 0.15) is 0 Å². The lowest BCUT2D eigenvalue weighted by molar-refractivity contribution is 0.254. The highest BCUT2D eigenvalue weighted by atomic mass is 15.4. The molecule has 2 bridgehead atoms. The first-order chi connectivity index (χ1) is 8.15. The largest absolute Gasteiger partial charge is 0.394 e. The molecular formula is C12H21N5. The van der Waals surface area contributed by atoms with E-state index in [0.717, 1.165) is 30.6 Å². The van der Waals surface area contributed by atoms with Crippen molar-refractivity contribution < 1.29 is 0 Å². The lowest BCUT2D eigenvalue weighted by Gasteiger charge is -2.26. The summed E-state index contributed by atoms with van der Waals surface area (Å²) in [5, 5.41) is 4.48. The maximum Gasteiger partial charge on any atom is 0.173 e. The summed E-state index contributed by atoms with van der Waals surface area (Å²) in [6, 6.07) is 1.43. The summed E-state index contributed by atoms with van der Waals surface area (Å²) in [6.45, 7) is 2.14. The first-order valence-electron chi connectivity index (χ1n) is 6.41. The van der Waals surface area contributed by atoms with Crippen molar-refractivity contribution in [1.82, 2.24) is 14.7 Å². The third kappa shape index (κ3) is 1.78. The van der Waals surface area contributed by atoms with Gasteiger partial charge in [0.25, 0.3) is 0 Å². The summed E-state index contributed by atoms with van der Waals surface area (Å²) in [4.78, 5) is 4.90. The molecule has 0 aliphatic carbocycles. The Bertz CT molecular complexity index is 413. The van der Waals surface area contributed by atoms with E-state index < -0.39 is 0 Å². The predicted molar refractivity (Wildman–Crippen MR) is 69.0 cm³/mol. The van der Waals surface area contributed by atoms with E-state index in [1.165, 1.54) is 19.3 Å². The molecule has 2 unspecified atom stereocenters. The Kier molecular flexibility index (Phi) is 2.50. The predicted octanol–water partition coefficient (Wildman–Crippen LogP) is 0.675. The van der Waals surface area contributed by atoms with Gasteiger partial charge in [-0.3, -0.25) is 9.58 Å². The molecule has 2 aliphatic heterocycles. The van der Waals surface area contributed by atoms with Gasteiger partial charge in [0.15, 0.2) is 5.82 Å². The molecule has 0 spiro atoms. The van der Waals surface area contributed by atoms with Crippen LogP contribution in [0.3, 0.4) is 0 Å². The third-order valence-corrected chi connectivity index (χ3v) is 4.28. The molecule has 2 aliphatic rings. The van der Waals surface area contributed by atoms with Gasteiger partial charge in [-0.15, -0.1) is 0 Å². The maximum atomic E-state index is 6.02. The lowest BCUT2D eigenvalue weighted by Crippen LogP contribution is -2.37. The van der Waals surface area contributed by atoms with Crippen molar-refractivity contribution in [3.8, 4) is 0 Å². The van der Waals surface area contributed by atoms with Crippen LogP contribution < -0.4 is 10.6 Å². The number of aromatic nitrogens is 2. The van der Waals surface area contributed by atoms with Crippen LogP contribution in [-0.4, -0.2) is 46.9 Å². The number of rotatable bonds is 1. The van der Waals surface area contributed by atoms with Crippen molar-refractivity contribution >= 4 is 11.5 Å². The quantitative estimate of drug-likeness (QED) is 0.777. The van der Waals surface area contributed by atoms with Crippen molar-refractivity contribution in [2.24, 2.45) is 7.05 Å². The zero-order chi connectivity index (χ0) is 12.0. The highest BCUT2D eigenvalue weighted by Gasteiger charge is 2.35. The van der Waals surface area contributed by atoms with E-state index in [1.54, 1.807) is 4.68 Å².